The number of amides is 2. The molecular formula is C17H25N3O3S. The smallest absolute Gasteiger partial charge is 0.269 e. The van der Waals surface area contributed by atoms with E-state index >= 15 is 0 Å². The van der Waals surface area contributed by atoms with Gasteiger partial charge in [-0.2, -0.15) is 0 Å². The standard InChI is InChI=1S/C17H25N3O3S/c1-11(2)9-10-23-14-7-5-13(6-8-14)16(22)19-20-17(24)18-15(21)12(3)4/h5-8,11-12H,9-10H2,1-4H3,(H,19,22)(H2,18,20,21,24). The molecule has 1 aromatic carbocycles. The van der Waals surface area contributed by atoms with Crippen molar-refractivity contribution in [3.63, 3.8) is 0 Å². The Kier molecular flexibility index (Phi) is 8.18. The lowest BCUT2D eigenvalue weighted by atomic mass is 10.1. The average Bonchev–Trinajstić information content (AvgIpc) is 2.52. The minimum absolute atomic E-state index is 0.0516. The third-order valence-corrected chi connectivity index (χ3v) is 3.34. The van der Waals surface area contributed by atoms with E-state index in [0.29, 0.717) is 18.1 Å². The van der Waals surface area contributed by atoms with Gasteiger partial charge >= 0.3 is 0 Å². The Hall–Kier alpha value is -2.15. The van der Waals surface area contributed by atoms with Gasteiger partial charge in [0.25, 0.3) is 5.91 Å². The number of rotatable bonds is 6. The molecular weight excluding hydrogens is 326 g/mol. The summed E-state index contributed by atoms with van der Waals surface area (Å²) in [6.45, 7) is 8.42. The lowest BCUT2D eigenvalue weighted by Crippen LogP contribution is -2.49. The van der Waals surface area contributed by atoms with Crippen molar-refractivity contribution < 1.29 is 14.3 Å². The molecule has 2 amide bonds. The van der Waals surface area contributed by atoms with Crippen LogP contribution in [0.1, 0.15) is 44.5 Å². The fraction of sp³-hybridized carbons (Fsp3) is 0.471. The van der Waals surface area contributed by atoms with Crippen molar-refractivity contribution in [2.24, 2.45) is 11.8 Å². The molecule has 1 rings (SSSR count). The average molecular weight is 351 g/mol. The first-order valence-corrected chi connectivity index (χ1v) is 8.34. The molecule has 0 atom stereocenters. The van der Waals surface area contributed by atoms with E-state index in [2.05, 4.69) is 30.0 Å². The predicted octanol–water partition coefficient (Wildman–Crippen LogP) is 2.40. The molecule has 0 unspecified atom stereocenters. The molecule has 0 aromatic heterocycles. The van der Waals surface area contributed by atoms with Gasteiger partial charge in [0.1, 0.15) is 5.75 Å². The van der Waals surface area contributed by atoms with E-state index in [1.54, 1.807) is 38.1 Å². The summed E-state index contributed by atoms with van der Waals surface area (Å²) < 4.78 is 5.60. The van der Waals surface area contributed by atoms with Crippen molar-refractivity contribution in [2.45, 2.75) is 34.1 Å². The highest BCUT2D eigenvalue weighted by Gasteiger charge is 2.10. The Balaban J connectivity index is 2.42. The Morgan fingerprint density at radius 3 is 2.25 bits per heavy atom. The summed E-state index contributed by atoms with van der Waals surface area (Å²) in [5.74, 6) is 0.541. The molecule has 3 N–H and O–H groups in total. The fourth-order valence-electron chi connectivity index (χ4n) is 1.59. The Morgan fingerprint density at radius 1 is 1.08 bits per heavy atom. The van der Waals surface area contributed by atoms with Crippen molar-refractivity contribution >= 4 is 29.1 Å². The molecule has 24 heavy (non-hydrogen) atoms. The van der Waals surface area contributed by atoms with E-state index in [0.717, 1.165) is 12.2 Å². The summed E-state index contributed by atoms with van der Waals surface area (Å²) >= 11 is 4.93. The second kappa shape index (κ2) is 9.87. The number of benzene rings is 1. The topological polar surface area (TPSA) is 79.5 Å². The lowest BCUT2D eigenvalue weighted by molar-refractivity contribution is -0.122. The van der Waals surface area contributed by atoms with E-state index < -0.39 is 0 Å². The minimum Gasteiger partial charge on any atom is -0.494 e. The van der Waals surface area contributed by atoms with Gasteiger partial charge in [-0.25, -0.2) is 0 Å². The zero-order valence-corrected chi connectivity index (χ0v) is 15.3. The normalized spacial score (nSPS) is 10.4. The van der Waals surface area contributed by atoms with E-state index in [1.165, 1.54) is 0 Å². The van der Waals surface area contributed by atoms with Crippen molar-refractivity contribution in [1.82, 2.24) is 16.2 Å². The number of ether oxygens (including phenoxy) is 1. The maximum absolute atomic E-state index is 12.0. The Labute approximate surface area is 148 Å². The van der Waals surface area contributed by atoms with Crippen LogP contribution in [-0.4, -0.2) is 23.5 Å². The van der Waals surface area contributed by atoms with Gasteiger partial charge in [-0.1, -0.05) is 27.7 Å². The second-order valence-corrected chi connectivity index (χ2v) is 6.52. The second-order valence-electron chi connectivity index (χ2n) is 6.11. The van der Waals surface area contributed by atoms with Crippen molar-refractivity contribution in [1.29, 1.82) is 0 Å². The number of hydrogen-bond acceptors (Lipinski definition) is 4. The van der Waals surface area contributed by atoms with Crippen LogP contribution in [0, 0.1) is 11.8 Å². The number of thiocarbonyl (C=S) groups is 1. The highest BCUT2D eigenvalue weighted by atomic mass is 32.1. The molecule has 0 bridgehead atoms. The lowest BCUT2D eigenvalue weighted by Gasteiger charge is -2.12. The van der Waals surface area contributed by atoms with E-state index in [-0.39, 0.29) is 22.8 Å². The van der Waals surface area contributed by atoms with Crippen LogP contribution in [0.2, 0.25) is 0 Å². The van der Waals surface area contributed by atoms with Crippen LogP contribution in [0.3, 0.4) is 0 Å². The van der Waals surface area contributed by atoms with Crippen molar-refractivity contribution in [2.75, 3.05) is 6.61 Å². The molecule has 0 aliphatic rings. The molecule has 7 heteroatoms. The van der Waals surface area contributed by atoms with Gasteiger partial charge in [-0.05, 0) is 48.8 Å². The van der Waals surface area contributed by atoms with Crippen LogP contribution in [0.15, 0.2) is 24.3 Å². The summed E-state index contributed by atoms with van der Waals surface area (Å²) in [4.78, 5) is 23.5. The van der Waals surface area contributed by atoms with E-state index in [1.807, 2.05) is 0 Å². The summed E-state index contributed by atoms with van der Waals surface area (Å²) in [6, 6.07) is 6.82. The van der Waals surface area contributed by atoms with Gasteiger partial charge in [-0.15, -0.1) is 0 Å². The minimum atomic E-state index is -0.357. The molecule has 0 aliphatic carbocycles. The quantitative estimate of drug-likeness (QED) is 0.542. The van der Waals surface area contributed by atoms with Crippen LogP contribution in [-0.2, 0) is 4.79 Å². The molecule has 0 saturated heterocycles. The largest absolute Gasteiger partial charge is 0.494 e. The monoisotopic (exact) mass is 351 g/mol. The number of carbonyl (C=O) groups is 2. The van der Waals surface area contributed by atoms with Crippen molar-refractivity contribution in [3.05, 3.63) is 29.8 Å². The third-order valence-electron chi connectivity index (χ3n) is 3.13. The summed E-state index contributed by atoms with van der Waals surface area (Å²) in [6.07, 6.45) is 0.978. The summed E-state index contributed by atoms with van der Waals surface area (Å²) in [5, 5.41) is 2.53. The maximum atomic E-state index is 12.0. The SMILES string of the molecule is CC(C)CCOc1ccc(C(=O)NNC(=S)NC(=O)C(C)C)cc1. The molecule has 0 fully saturated rings. The van der Waals surface area contributed by atoms with Crippen LogP contribution >= 0.6 is 12.2 Å². The maximum Gasteiger partial charge on any atom is 0.269 e. The first kappa shape index (κ1) is 19.9. The third kappa shape index (κ3) is 7.41. The highest BCUT2D eigenvalue weighted by molar-refractivity contribution is 7.80. The van der Waals surface area contributed by atoms with Crippen molar-refractivity contribution in [3.8, 4) is 5.75 Å². The number of carbonyl (C=O) groups excluding carboxylic acids is 2. The number of hydrogen-bond donors (Lipinski definition) is 3. The number of nitrogens with one attached hydrogen (secondary N) is 3. The van der Waals surface area contributed by atoms with Gasteiger partial charge in [0.05, 0.1) is 6.61 Å². The van der Waals surface area contributed by atoms with Crippen LogP contribution in [0.25, 0.3) is 0 Å². The van der Waals surface area contributed by atoms with Crippen LogP contribution in [0.4, 0.5) is 0 Å². The highest BCUT2D eigenvalue weighted by Crippen LogP contribution is 2.13. The first-order chi connectivity index (χ1) is 11.3. The molecule has 132 valence electrons. The van der Waals surface area contributed by atoms with Crippen LogP contribution < -0.4 is 20.9 Å². The Morgan fingerprint density at radius 2 is 1.71 bits per heavy atom. The van der Waals surface area contributed by atoms with Crippen LogP contribution in [0.5, 0.6) is 5.75 Å². The van der Waals surface area contributed by atoms with Gasteiger partial charge < -0.3 is 10.1 Å². The van der Waals surface area contributed by atoms with Gasteiger partial charge in [0.2, 0.25) is 5.91 Å². The molecule has 0 spiro atoms. The Bertz CT molecular complexity index is 571. The molecule has 0 aliphatic heterocycles. The predicted molar refractivity (Wildman–Crippen MR) is 97.6 cm³/mol. The van der Waals surface area contributed by atoms with E-state index in [4.69, 9.17) is 17.0 Å². The summed E-state index contributed by atoms with van der Waals surface area (Å²) in [7, 11) is 0. The number of hydrazine groups is 1. The molecule has 0 saturated carbocycles. The van der Waals surface area contributed by atoms with Gasteiger partial charge in [0, 0.05) is 11.5 Å². The zero-order chi connectivity index (χ0) is 18.1. The molecule has 1 aromatic rings. The first-order valence-electron chi connectivity index (χ1n) is 7.93. The summed E-state index contributed by atoms with van der Waals surface area (Å²) in [5.41, 5.74) is 5.39. The molecule has 0 radical (unpaired) electrons. The van der Waals surface area contributed by atoms with Gasteiger partial charge in [0.15, 0.2) is 5.11 Å². The molecule has 6 nitrogen and oxygen atoms in total. The fourth-order valence-corrected chi connectivity index (χ4v) is 1.74. The zero-order valence-electron chi connectivity index (χ0n) is 14.5. The molecule has 0 heterocycles. The van der Waals surface area contributed by atoms with Gasteiger partial charge in [-0.3, -0.25) is 20.4 Å². The van der Waals surface area contributed by atoms with E-state index in [9.17, 15) is 9.59 Å².